The average molecular weight is 269 g/mol. The molecule has 0 saturated heterocycles. The largest absolute Gasteiger partial charge is 0.396 e. The van der Waals surface area contributed by atoms with Crippen molar-refractivity contribution in [3.63, 3.8) is 0 Å². The van der Waals surface area contributed by atoms with Crippen LogP contribution in [0.2, 0.25) is 0 Å². The number of nitro benzene ring substituents is 1. The number of hydrogen-bond acceptors (Lipinski definition) is 4. The van der Waals surface area contributed by atoms with Crippen molar-refractivity contribution in [2.24, 2.45) is 0 Å². The number of aliphatic hydroxyl groups excluding tert-OH is 1. The number of thioether (sulfide) groups is 1. The summed E-state index contributed by atoms with van der Waals surface area (Å²) in [6.07, 6.45) is 5.49. The number of aliphatic hydroxyl groups is 1. The number of nitro groups is 1. The Balaban J connectivity index is 2.14. The summed E-state index contributed by atoms with van der Waals surface area (Å²) in [5.41, 5.74) is 0.142. The standard InChI is InChI=1S/C13H19NO3S/c15-10-4-2-1-3-5-11-18-13-8-6-12(7-9-13)14(16)17/h6-9,15H,1-5,10-11H2. The first-order valence-corrected chi connectivity index (χ1v) is 7.20. The zero-order valence-electron chi connectivity index (χ0n) is 10.4. The van der Waals surface area contributed by atoms with Crippen molar-refractivity contribution in [1.29, 1.82) is 0 Å². The number of nitrogens with zero attached hydrogens (tertiary/aromatic N) is 1. The van der Waals surface area contributed by atoms with E-state index in [1.807, 2.05) is 0 Å². The maximum Gasteiger partial charge on any atom is 0.269 e. The molecule has 0 aliphatic carbocycles. The van der Waals surface area contributed by atoms with E-state index in [1.54, 1.807) is 36.0 Å². The molecule has 0 atom stereocenters. The van der Waals surface area contributed by atoms with Crippen LogP contribution in [0.4, 0.5) is 5.69 Å². The summed E-state index contributed by atoms with van der Waals surface area (Å²) in [7, 11) is 0. The molecule has 0 fully saturated rings. The highest BCUT2D eigenvalue weighted by Crippen LogP contribution is 2.22. The predicted octanol–water partition coefficient (Wildman–Crippen LogP) is 3.63. The van der Waals surface area contributed by atoms with Crippen LogP contribution >= 0.6 is 11.8 Å². The van der Waals surface area contributed by atoms with Crippen molar-refractivity contribution in [3.05, 3.63) is 34.4 Å². The van der Waals surface area contributed by atoms with Gasteiger partial charge in [-0.15, -0.1) is 11.8 Å². The third-order valence-corrected chi connectivity index (χ3v) is 3.72. The highest BCUT2D eigenvalue weighted by molar-refractivity contribution is 7.99. The predicted molar refractivity (Wildman–Crippen MR) is 74.0 cm³/mol. The molecule has 5 heteroatoms. The van der Waals surface area contributed by atoms with Gasteiger partial charge in [-0.25, -0.2) is 0 Å². The summed E-state index contributed by atoms with van der Waals surface area (Å²) in [6, 6.07) is 6.69. The first-order chi connectivity index (χ1) is 8.74. The minimum Gasteiger partial charge on any atom is -0.396 e. The third-order valence-electron chi connectivity index (χ3n) is 2.62. The van der Waals surface area contributed by atoms with Gasteiger partial charge in [-0.05, 0) is 30.7 Å². The van der Waals surface area contributed by atoms with E-state index in [4.69, 9.17) is 5.11 Å². The third kappa shape index (κ3) is 6.02. The number of hydrogen-bond donors (Lipinski definition) is 1. The Hall–Kier alpha value is -1.07. The second-order valence-corrected chi connectivity index (χ2v) is 5.26. The maximum absolute atomic E-state index is 10.5. The Morgan fingerprint density at radius 1 is 1.06 bits per heavy atom. The Labute approximate surface area is 112 Å². The topological polar surface area (TPSA) is 63.4 Å². The minimum atomic E-state index is -0.379. The molecule has 0 spiro atoms. The van der Waals surface area contributed by atoms with Crippen LogP contribution in [-0.2, 0) is 0 Å². The summed E-state index contributed by atoms with van der Waals surface area (Å²) >= 11 is 1.73. The van der Waals surface area contributed by atoms with Crippen LogP contribution in [0.25, 0.3) is 0 Å². The number of unbranched alkanes of at least 4 members (excludes halogenated alkanes) is 4. The fraction of sp³-hybridized carbons (Fsp3) is 0.538. The van der Waals surface area contributed by atoms with E-state index in [9.17, 15) is 10.1 Å². The summed E-state index contributed by atoms with van der Waals surface area (Å²) in [6.45, 7) is 0.289. The van der Waals surface area contributed by atoms with Crippen LogP contribution in [0.3, 0.4) is 0 Å². The molecule has 18 heavy (non-hydrogen) atoms. The first kappa shape index (κ1) is 15.0. The molecule has 1 rings (SSSR count). The van der Waals surface area contributed by atoms with E-state index in [0.717, 1.165) is 29.9 Å². The molecule has 0 unspecified atom stereocenters. The molecule has 0 radical (unpaired) electrons. The SMILES string of the molecule is O=[N+]([O-])c1ccc(SCCCCCCCO)cc1. The van der Waals surface area contributed by atoms with Crippen molar-refractivity contribution in [2.75, 3.05) is 12.4 Å². The molecular formula is C13H19NO3S. The summed E-state index contributed by atoms with van der Waals surface area (Å²) in [5, 5.41) is 19.1. The van der Waals surface area contributed by atoms with Crippen molar-refractivity contribution >= 4 is 17.4 Å². The molecule has 0 bridgehead atoms. The van der Waals surface area contributed by atoms with Gasteiger partial charge in [0, 0.05) is 23.6 Å². The molecule has 0 saturated carbocycles. The van der Waals surface area contributed by atoms with E-state index >= 15 is 0 Å². The summed E-state index contributed by atoms with van der Waals surface area (Å²) in [5.74, 6) is 1.04. The average Bonchev–Trinajstić information content (AvgIpc) is 2.38. The second kappa shape index (κ2) is 8.94. The zero-order chi connectivity index (χ0) is 13.2. The Morgan fingerprint density at radius 2 is 1.67 bits per heavy atom. The lowest BCUT2D eigenvalue weighted by atomic mass is 10.2. The number of non-ortho nitro benzene ring substituents is 1. The fourth-order valence-corrected chi connectivity index (χ4v) is 2.51. The molecule has 100 valence electrons. The molecule has 0 aliphatic rings. The van der Waals surface area contributed by atoms with E-state index in [2.05, 4.69) is 0 Å². The molecule has 1 aromatic rings. The maximum atomic E-state index is 10.5. The summed E-state index contributed by atoms with van der Waals surface area (Å²) in [4.78, 5) is 11.2. The summed E-state index contributed by atoms with van der Waals surface area (Å²) < 4.78 is 0. The smallest absolute Gasteiger partial charge is 0.269 e. The molecule has 0 heterocycles. The van der Waals surface area contributed by atoms with Gasteiger partial charge >= 0.3 is 0 Å². The molecule has 4 nitrogen and oxygen atoms in total. The monoisotopic (exact) mass is 269 g/mol. The van der Waals surface area contributed by atoms with Crippen molar-refractivity contribution in [3.8, 4) is 0 Å². The van der Waals surface area contributed by atoms with Gasteiger partial charge in [-0.2, -0.15) is 0 Å². The molecule has 1 aromatic carbocycles. The van der Waals surface area contributed by atoms with Gasteiger partial charge in [0.2, 0.25) is 0 Å². The van der Waals surface area contributed by atoms with E-state index in [1.165, 1.54) is 12.8 Å². The highest BCUT2D eigenvalue weighted by Gasteiger charge is 2.03. The van der Waals surface area contributed by atoms with E-state index < -0.39 is 0 Å². The van der Waals surface area contributed by atoms with Gasteiger partial charge in [0.25, 0.3) is 5.69 Å². The fourth-order valence-electron chi connectivity index (χ4n) is 1.60. The van der Waals surface area contributed by atoms with Crippen LogP contribution in [0.5, 0.6) is 0 Å². The van der Waals surface area contributed by atoms with Crippen LogP contribution in [-0.4, -0.2) is 22.4 Å². The minimum absolute atomic E-state index is 0.142. The number of benzene rings is 1. The Kier molecular flexibility index (Phi) is 7.44. The van der Waals surface area contributed by atoms with Crippen LogP contribution in [0.1, 0.15) is 32.1 Å². The van der Waals surface area contributed by atoms with Crippen LogP contribution in [0.15, 0.2) is 29.2 Å². The van der Waals surface area contributed by atoms with Gasteiger partial charge in [-0.3, -0.25) is 10.1 Å². The van der Waals surface area contributed by atoms with E-state index in [0.29, 0.717) is 0 Å². The van der Waals surface area contributed by atoms with Crippen molar-refractivity contribution in [2.45, 2.75) is 37.0 Å². The molecule has 1 N–H and O–H groups in total. The Morgan fingerprint density at radius 3 is 2.28 bits per heavy atom. The van der Waals surface area contributed by atoms with E-state index in [-0.39, 0.29) is 17.2 Å². The zero-order valence-corrected chi connectivity index (χ0v) is 11.2. The molecular weight excluding hydrogens is 250 g/mol. The van der Waals surface area contributed by atoms with Gasteiger partial charge in [0.15, 0.2) is 0 Å². The van der Waals surface area contributed by atoms with Crippen LogP contribution < -0.4 is 0 Å². The van der Waals surface area contributed by atoms with Gasteiger partial charge < -0.3 is 5.11 Å². The van der Waals surface area contributed by atoms with Crippen molar-refractivity contribution < 1.29 is 10.0 Å². The molecule has 0 aliphatic heterocycles. The first-order valence-electron chi connectivity index (χ1n) is 6.22. The van der Waals surface area contributed by atoms with Gasteiger partial charge in [0.1, 0.15) is 0 Å². The lowest BCUT2D eigenvalue weighted by molar-refractivity contribution is -0.384. The second-order valence-electron chi connectivity index (χ2n) is 4.09. The number of rotatable bonds is 9. The van der Waals surface area contributed by atoms with Crippen LogP contribution in [0, 0.1) is 10.1 Å². The Bertz CT molecular complexity index is 354. The quantitative estimate of drug-likeness (QED) is 0.322. The lowest BCUT2D eigenvalue weighted by Crippen LogP contribution is -1.87. The lowest BCUT2D eigenvalue weighted by Gasteiger charge is -2.02. The highest BCUT2D eigenvalue weighted by atomic mass is 32.2. The molecule has 0 amide bonds. The normalized spacial score (nSPS) is 10.5. The van der Waals surface area contributed by atoms with Crippen molar-refractivity contribution in [1.82, 2.24) is 0 Å². The van der Waals surface area contributed by atoms with Gasteiger partial charge in [-0.1, -0.05) is 19.3 Å². The molecule has 0 aromatic heterocycles. The van der Waals surface area contributed by atoms with Gasteiger partial charge in [0.05, 0.1) is 4.92 Å².